The van der Waals surface area contributed by atoms with Crippen molar-refractivity contribution in [1.82, 2.24) is 5.32 Å². The van der Waals surface area contributed by atoms with E-state index >= 15 is 0 Å². The second kappa shape index (κ2) is 9.47. The number of Topliss-reactive ketones (excluding diaryl/α,β-unsaturated/α-hetero) is 1. The molecule has 8 heteroatoms. The van der Waals surface area contributed by atoms with E-state index in [1.54, 1.807) is 52.0 Å². The van der Waals surface area contributed by atoms with E-state index in [1.807, 2.05) is 0 Å². The van der Waals surface area contributed by atoms with E-state index in [0.717, 1.165) is 0 Å². The maximum Gasteiger partial charge on any atom is 0.408 e. The Labute approximate surface area is 155 Å². The number of alkyl carbamates (subject to hydrolysis) is 1. The van der Waals surface area contributed by atoms with Crippen molar-refractivity contribution in [3.63, 3.8) is 0 Å². The highest BCUT2D eigenvalue weighted by Gasteiger charge is 2.24. The molecule has 2 atom stereocenters. The van der Waals surface area contributed by atoms with E-state index in [9.17, 15) is 23.7 Å². The van der Waals surface area contributed by atoms with Crippen LogP contribution in [0, 0.1) is 0 Å². The van der Waals surface area contributed by atoms with Gasteiger partial charge in [-0.2, -0.15) is 0 Å². The van der Waals surface area contributed by atoms with Crippen molar-refractivity contribution in [3.8, 4) is 0 Å². The molecule has 0 heterocycles. The smallest absolute Gasteiger partial charge is 0.408 e. The van der Waals surface area contributed by atoms with E-state index in [2.05, 4.69) is 5.32 Å². The molecule has 0 radical (unpaired) electrons. The van der Waals surface area contributed by atoms with Gasteiger partial charge in [-0.25, -0.2) is 9.59 Å². The van der Waals surface area contributed by atoms with Crippen LogP contribution in [0.5, 0.6) is 0 Å². The number of aliphatic carboxylic acids is 1. The summed E-state index contributed by atoms with van der Waals surface area (Å²) in [6, 6.07) is 5.32. The molecule has 1 rings (SSSR count). The van der Waals surface area contributed by atoms with Crippen LogP contribution in [0.2, 0.25) is 0 Å². The Kier molecular flexibility index (Phi) is 7.95. The third-order valence-corrected chi connectivity index (χ3v) is 4.68. The van der Waals surface area contributed by atoms with Gasteiger partial charge >= 0.3 is 12.1 Å². The molecule has 0 aliphatic carbocycles. The largest absolute Gasteiger partial charge is 0.480 e. The Balaban J connectivity index is 2.75. The molecular weight excluding hydrogens is 358 g/mol. The number of carbonyl (C=O) groups excluding carboxylic acids is 2. The molecule has 1 aromatic carbocycles. The van der Waals surface area contributed by atoms with Gasteiger partial charge in [0.2, 0.25) is 0 Å². The first kappa shape index (κ1) is 21.8. The zero-order chi connectivity index (χ0) is 19.9. The molecule has 0 aliphatic heterocycles. The van der Waals surface area contributed by atoms with Gasteiger partial charge < -0.3 is 15.2 Å². The summed E-state index contributed by atoms with van der Waals surface area (Å²) in [5, 5.41) is 11.6. The van der Waals surface area contributed by atoms with Crippen LogP contribution in [0.3, 0.4) is 0 Å². The van der Waals surface area contributed by atoms with Crippen LogP contribution < -0.4 is 5.32 Å². The van der Waals surface area contributed by atoms with Gasteiger partial charge in [0.25, 0.3) is 0 Å². The summed E-state index contributed by atoms with van der Waals surface area (Å²) in [6.45, 7) is 6.77. The van der Waals surface area contributed by atoms with Crippen molar-refractivity contribution in [2.75, 3.05) is 5.75 Å². The topological polar surface area (TPSA) is 110 Å². The zero-order valence-electron chi connectivity index (χ0n) is 15.4. The van der Waals surface area contributed by atoms with E-state index < -0.39 is 34.5 Å². The van der Waals surface area contributed by atoms with Crippen molar-refractivity contribution in [2.24, 2.45) is 0 Å². The molecule has 0 bridgehead atoms. The SMILES string of the molecule is CCC(=O)CS(=O)c1ccc(CC(NC(=O)OC(C)(C)C)C(=O)O)cc1. The third kappa shape index (κ3) is 7.77. The molecule has 1 aromatic rings. The molecule has 2 N–H and O–H groups in total. The second-order valence-corrected chi connectivity index (χ2v) is 8.22. The molecule has 0 fully saturated rings. The number of hydrogen-bond acceptors (Lipinski definition) is 5. The summed E-state index contributed by atoms with van der Waals surface area (Å²) >= 11 is 0. The van der Waals surface area contributed by atoms with Crippen LogP contribution in [0.15, 0.2) is 29.2 Å². The van der Waals surface area contributed by atoms with Gasteiger partial charge in [0.1, 0.15) is 17.4 Å². The summed E-state index contributed by atoms with van der Waals surface area (Å²) in [6.07, 6.45) is -0.420. The Morgan fingerprint density at radius 2 is 1.77 bits per heavy atom. The quantitative estimate of drug-likeness (QED) is 0.713. The van der Waals surface area contributed by atoms with Crippen molar-refractivity contribution in [3.05, 3.63) is 29.8 Å². The molecule has 0 saturated carbocycles. The van der Waals surface area contributed by atoms with Crippen LogP contribution in [-0.4, -0.2) is 44.6 Å². The lowest BCUT2D eigenvalue weighted by molar-refractivity contribution is -0.139. The van der Waals surface area contributed by atoms with Crippen molar-refractivity contribution < 1.29 is 28.4 Å². The fourth-order valence-corrected chi connectivity index (χ4v) is 3.10. The van der Waals surface area contributed by atoms with Gasteiger partial charge in [0.15, 0.2) is 0 Å². The van der Waals surface area contributed by atoms with Crippen LogP contribution >= 0.6 is 0 Å². The number of benzene rings is 1. The Bertz CT molecular complexity index is 678. The van der Waals surface area contributed by atoms with E-state index in [-0.39, 0.29) is 18.0 Å². The second-order valence-electron chi connectivity index (χ2n) is 6.77. The standard InChI is InChI=1S/C18H25NO6S/c1-5-13(20)11-26(24)14-8-6-12(7-9-14)10-15(16(21)22)19-17(23)25-18(2,3)4/h6-9,15H,5,10-11H2,1-4H3,(H,19,23)(H,21,22). The minimum Gasteiger partial charge on any atom is -0.480 e. The number of carbonyl (C=O) groups is 3. The minimum absolute atomic E-state index is 0.0339. The van der Waals surface area contributed by atoms with Crippen molar-refractivity contribution in [1.29, 1.82) is 0 Å². The molecule has 0 aliphatic rings. The van der Waals surface area contributed by atoms with E-state index in [0.29, 0.717) is 16.9 Å². The van der Waals surface area contributed by atoms with Gasteiger partial charge in [-0.3, -0.25) is 9.00 Å². The predicted molar refractivity (Wildman–Crippen MR) is 97.5 cm³/mol. The number of carboxylic acid groups (broad SMARTS) is 1. The Morgan fingerprint density at radius 3 is 2.23 bits per heavy atom. The molecule has 0 spiro atoms. The number of amides is 1. The molecule has 0 saturated heterocycles. The molecule has 7 nitrogen and oxygen atoms in total. The first-order valence-electron chi connectivity index (χ1n) is 8.23. The highest BCUT2D eigenvalue weighted by atomic mass is 32.2. The predicted octanol–water partition coefficient (Wildman–Crippen LogP) is 2.29. The third-order valence-electron chi connectivity index (χ3n) is 3.30. The zero-order valence-corrected chi connectivity index (χ0v) is 16.2. The summed E-state index contributed by atoms with van der Waals surface area (Å²) < 4.78 is 17.1. The molecule has 1 amide bonds. The van der Waals surface area contributed by atoms with Gasteiger partial charge in [-0.05, 0) is 38.5 Å². The monoisotopic (exact) mass is 383 g/mol. The van der Waals surface area contributed by atoms with Crippen LogP contribution in [-0.2, 0) is 31.5 Å². The first-order valence-corrected chi connectivity index (χ1v) is 9.55. The molecule has 0 aromatic heterocycles. The number of rotatable bonds is 8. The summed E-state index contributed by atoms with van der Waals surface area (Å²) in [5.74, 6) is -1.30. The van der Waals surface area contributed by atoms with Crippen LogP contribution in [0.4, 0.5) is 4.79 Å². The molecule has 26 heavy (non-hydrogen) atoms. The van der Waals surface area contributed by atoms with Crippen molar-refractivity contribution >= 4 is 28.6 Å². The normalized spacial score (nSPS) is 13.5. The van der Waals surface area contributed by atoms with E-state index in [4.69, 9.17) is 4.74 Å². The molecular formula is C18H25NO6S. The Morgan fingerprint density at radius 1 is 1.19 bits per heavy atom. The Hall–Kier alpha value is -2.22. The van der Waals surface area contributed by atoms with Gasteiger partial charge in [0.05, 0.1) is 16.6 Å². The number of carboxylic acids is 1. The number of hydrogen-bond donors (Lipinski definition) is 2. The van der Waals surface area contributed by atoms with Gasteiger partial charge in [-0.1, -0.05) is 19.1 Å². The maximum absolute atomic E-state index is 12.1. The average molecular weight is 383 g/mol. The lowest BCUT2D eigenvalue weighted by atomic mass is 10.1. The van der Waals surface area contributed by atoms with Gasteiger partial charge in [0, 0.05) is 17.7 Å². The van der Waals surface area contributed by atoms with Crippen LogP contribution in [0.25, 0.3) is 0 Å². The summed E-state index contributed by atoms with van der Waals surface area (Å²) in [7, 11) is -1.42. The maximum atomic E-state index is 12.1. The lowest BCUT2D eigenvalue weighted by Gasteiger charge is -2.22. The fraction of sp³-hybridized carbons (Fsp3) is 0.500. The highest BCUT2D eigenvalue weighted by Crippen LogP contribution is 2.12. The number of ether oxygens (including phenoxy) is 1. The summed E-state index contributed by atoms with van der Waals surface area (Å²) in [4.78, 5) is 35.0. The van der Waals surface area contributed by atoms with Gasteiger partial charge in [-0.15, -0.1) is 0 Å². The lowest BCUT2D eigenvalue weighted by Crippen LogP contribution is -2.44. The summed E-state index contributed by atoms with van der Waals surface area (Å²) in [5.41, 5.74) is -0.0783. The average Bonchev–Trinajstić information content (AvgIpc) is 2.52. The molecule has 2 unspecified atom stereocenters. The first-order chi connectivity index (χ1) is 12.0. The minimum atomic E-state index is -1.42. The van der Waals surface area contributed by atoms with E-state index in [1.165, 1.54) is 0 Å². The van der Waals surface area contributed by atoms with Crippen LogP contribution in [0.1, 0.15) is 39.7 Å². The van der Waals surface area contributed by atoms with Crippen molar-refractivity contribution in [2.45, 2.75) is 57.1 Å². The number of nitrogens with one attached hydrogen (secondary N) is 1. The fourth-order valence-electron chi connectivity index (χ4n) is 1.99. The number of ketones is 1. The highest BCUT2D eigenvalue weighted by molar-refractivity contribution is 7.85. The molecule has 144 valence electrons.